The monoisotopic (exact) mass is 296 g/mol. The van der Waals surface area contributed by atoms with Gasteiger partial charge in [0.1, 0.15) is 0 Å². The van der Waals surface area contributed by atoms with Gasteiger partial charge in [0.15, 0.2) is 0 Å². The second-order valence-electron chi connectivity index (χ2n) is 5.55. The van der Waals surface area contributed by atoms with Crippen LogP contribution in [-0.4, -0.2) is 32.4 Å². The topological polar surface area (TPSA) is 49.4 Å². The first-order chi connectivity index (χ1) is 9.51. The normalized spacial score (nSPS) is 15.8. The molecule has 0 amide bonds. The van der Waals surface area contributed by atoms with Gasteiger partial charge in [-0.25, -0.2) is 12.7 Å². The number of nitrogens with zero attached hydrogens (tertiary/aromatic N) is 1. The number of nitrogens with one attached hydrogen (secondary N) is 1. The molecule has 5 heteroatoms. The standard InChI is InChI=1S/C15H24N2O2S/c1-3-9-17(2)20(18,19)12-14-6-4-5-13(10-14)11-16-15-7-8-15/h4-6,10,15-16H,3,7-9,11-12H2,1-2H3. The maximum atomic E-state index is 12.2. The molecule has 1 fully saturated rings. The van der Waals surface area contributed by atoms with E-state index in [1.54, 1.807) is 7.05 Å². The van der Waals surface area contributed by atoms with Gasteiger partial charge in [0.2, 0.25) is 10.0 Å². The lowest BCUT2D eigenvalue weighted by Gasteiger charge is -2.16. The van der Waals surface area contributed by atoms with E-state index < -0.39 is 10.0 Å². The lowest BCUT2D eigenvalue weighted by atomic mass is 10.1. The van der Waals surface area contributed by atoms with Gasteiger partial charge in [0.25, 0.3) is 0 Å². The van der Waals surface area contributed by atoms with Crippen molar-refractivity contribution in [2.75, 3.05) is 13.6 Å². The third-order valence-corrected chi connectivity index (χ3v) is 5.36. The zero-order valence-electron chi connectivity index (χ0n) is 12.3. The van der Waals surface area contributed by atoms with E-state index in [0.29, 0.717) is 12.6 Å². The summed E-state index contributed by atoms with van der Waals surface area (Å²) in [4.78, 5) is 0. The number of hydrogen-bond donors (Lipinski definition) is 1. The molecule has 0 radical (unpaired) electrons. The van der Waals surface area contributed by atoms with E-state index in [1.165, 1.54) is 17.1 Å². The summed E-state index contributed by atoms with van der Waals surface area (Å²) in [6, 6.07) is 8.53. The molecular formula is C15H24N2O2S. The molecule has 2 rings (SSSR count). The Morgan fingerprint density at radius 2 is 2.00 bits per heavy atom. The van der Waals surface area contributed by atoms with Crippen LogP contribution in [0.1, 0.15) is 37.3 Å². The van der Waals surface area contributed by atoms with E-state index in [-0.39, 0.29) is 5.75 Å². The van der Waals surface area contributed by atoms with E-state index in [0.717, 1.165) is 24.1 Å². The lowest BCUT2D eigenvalue weighted by Crippen LogP contribution is -2.28. The van der Waals surface area contributed by atoms with Crippen molar-refractivity contribution in [1.82, 2.24) is 9.62 Å². The van der Waals surface area contributed by atoms with Crippen molar-refractivity contribution in [3.05, 3.63) is 35.4 Å². The number of hydrogen-bond acceptors (Lipinski definition) is 3. The Morgan fingerprint density at radius 1 is 1.30 bits per heavy atom. The molecule has 0 unspecified atom stereocenters. The summed E-state index contributed by atoms with van der Waals surface area (Å²) in [7, 11) is -1.55. The van der Waals surface area contributed by atoms with Crippen LogP contribution in [0.3, 0.4) is 0 Å². The van der Waals surface area contributed by atoms with E-state index in [1.807, 2.05) is 31.2 Å². The van der Waals surface area contributed by atoms with Crippen molar-refractivity contribution in [3.63, 3.8) is 0 Å². The molecule has 0 bridgehead atoms. The summed E-state index contributed by atoms with van der Waals surface area (Å²) in [6.07, 6.45) is 3.35. The van der Waals surface area contributed by atoms with Crippen molar-refractivity contribution < 1.29 is 8.42 Å². The van der Waals surface area contributed by atoms with Crippen LogP contribution in [0.5, 0.6) is 0 Å². The van der Waals surface area contributed by atoms with Gasteiger partial charge in [-0.15, -0.1) is 0 Å². The Labute approximate surface area is 122 Å². The van der Waals surface area contributed by atoms with Gasteiger partial charge in [-0.1, -0.05) is 31.2 Å². The van der Waals surface area contributed by atoms with Crippen molar-refractivity contribution in [2.24, 2.45) is 0 Å². The van der Waals surface area contributed by atoms with Gasteiger partial charge in [-0.2, -0.15) is 0 Å². The molecule has 0 saturated heterocycles. The lowest BCUT2D eigenvalue weighted by molar-refractivity contribution is 0.467. The fraction of sp³-hybridized carbons (Fsp3) is 0.600. The molecule has 1 saturated carbocycles. The molecule has 0 spiro atoms. The molecule has 0 heterocycles. The maximum absolute atomic E-state index is 12.2. The van der Waals surface area contributed by atoms with Gasteiger partial charge in [0.05, 0.1) is 5.75 Å². The first-order valence-corrected chi connectivity index (χ1v) is 8.87. The van der Waals surface area contributed by atoms with Crippen LogP contribution in [-0.2, 0) is 22.3 Å². The van der Waals surface area contributed by atoms with Crippen LogP contribution in [0.4, 0.5) is 0 Å². The third-order valence-electron chi connectivity index (χ3n) is 3.53. The van der Waals surface area contributed by atoms with Crippen molar-refractivity contribution in [1.29, 1.82) is 0 Å². The second kappa shape index (κ2) is 6.70. The Bertz CT molecular complexity index is 539. The summed E-state index contributed by atoms with van der Waals surface area (Å²) < 4.78 is 25.8. The van der Waals surface area contributed by atoms with Crippen LogP contribution < -0.4 is 5.32 Å². The Morgan fingerprint density at radius 3 is 2.65 bits per heavy atom. The molecule has 1 aromatic carbocycles. The van der Waals surface area contributed by atoms with Crippen LogP contribution in [0.15, 0.2) is 24.3 Å². The predicted octanol–water partition coefficient (Wildman–Crippen LogP) is 2.11. The number of sulfonamides is 1. The summed E-state index contributed by atoms with van der Waals surface area (Å²) in [5, 5.41) is 3.45. The van der Waals surface area contributed by atoms with Crippen molar-refractivity contribution in [2.45, 2.75) is 44.5 Å². The van der Waals surface area contributed by atoms with E-state index >= 15 is 0 Å². The fourth-order valence-electron chi connectivity index (χ4n) is 2.15. The average Bonchev–Trinajstić information content (AvgIpc) is 3.20. The molecule has 0 atom stereocenters. The molecule has 1 N–H and O–H groups in total. The molecule has 1 aliphatic carbocycles. The highest BCUT2D eigenvalue weighted by molar-refractivity contribution is 7.88. The number of benzene rings is 1. The van der Waals surface area contributed by atoms with Crippen LogP contribution >= 0.6 is 0 Å². The molecule has 0 aromatic heterocycles. The molecule has 0 aliphatic heterocycles. The minimum atomic E-state index is -3.20. The van der Waals surface area contributed by atoms with E-state index in [2.05, 4.69) is 5.32 Å². The predicted molar refractivity (Wildman–Crippen MR) is 81.8 cm³/mol. The highest BCUT2D eigenvalue weighted by Crippen LogP contribution is 2.19. The Kier molecular flexibility index (Phi) is 5.18. The van der Waals surface area contributed by atoms with Crippen LogP contribution in [0, 0.1) is 0 Å². The van der Waals surface area contributed by atoms with Gasteiger partial charge >= 0.3 is 0 Å². The van der Waals surface area contributed by atoms with Crippen LogP contribution in [0.2, 0.25) is 0 Å². The maximum Gasteiger partial charge on any atom is 0.218 e. The van der Waals surface area contributed by atoms with Gasteiger partial charge in [-0.05, 0) is 30.4 Å². The highest BCUT2D eigenvalue weighted by Gasteiger charge is 2.20. The molecule has 1 aromatic rings. The number of rotatable bonds is 8. The fourth-order valence-corrected chi connectivity index (χ4v) is 3.44. The zero-order valence-corrected chi connectivity index (χ0v) is 13.1. The first-order valence-electron chi connectivity index (χ1n) is 7.26. The summed E-state index contributed by atoms with van der Waals surface area (Å²) in [5.41, 5.74) is 2.02. The van der Waals surface area contributed by atoms with E-state index in [4.69, 9.17) is 0 Å². The molecule has 4 nitrogen and oxygen atoms in total. The summed E-state index contributed by atoms with van der Waals surface area (Å²) >= 11 is 0. The molecular weight excluding hydrogens is 272 g/mol. The summed E-state index contributed by atoms with van der Waals surface area (Å²) in [6.45, 7) is 3.38. The van der Waals surface area contributed by atoms with Crippen LogP contribution in [0.25, 0.3) is 0 Å². The van der Waals surface area contributed by atoms with Gasteiger partial charge < -0.3 is 5.32 Å². The smallest absolute Gasteiger partial charge is 0.218 e. The minimum absolute atomic E-state index is 0.0841. The van der Waals surface area contributed by atoms with E-state index in [9.17, 15) is 8.42 Å². The second-order valence-corrected chi connectivity index (χ2v) is 7.63. The largest absolute Gasteiger partial charge is 0.310 e. The third kappa shape index (κ3) is 4.58. The molecule has 1 aliphatic rings. The van der Waals surface area contributed by atoms with Crippen molar-refractivity contribution in [3.8, 4) is 0 Å². The quantitative estimate of drug-likeness (QED) is 0.799. The summed E-state index contributed by atoms with van der Waals surface area (Å²) in [5.74, 6) is 0.0841. The molecule has 112 valence electrons. The average molecular weight is 296 g/mol. The first kappa shape index (κ1) is 15.5. The molecule has 20 heavy (non-hydrogen) atoms. The SMILES string of the molecule is CCCN(C)S(=O)(=O)Cc1cccc(CNC2CC2)c1. The zero-order chi connectivity index (χ0) is 14.6. The Balaban J connectivity index is 1.99. The van der Waals surface area contributed by atoms with Gasteiger partial charge in [-0.3, -0.25) is 0 Å². The minimum Gasteiger partial charge on any atom is -0.310 e. The Hall–Kier alpha value is -0.910. The van der Waals surface area contributed by atoms with Crippen molar-refractivity contribution >= 4 is 10.0 Å². The highest BCUT2D eigenvalue weighted by atomic mass is 32.2. The van der Waals surface area contributed by atoms with Gasteiger partial charge in [0, 0.05) is 26.2 Å².